The van der Waals surface area contributed by atoms with E-state index in [-0.39, 0.29) is 19.5 Å². The molecule has 0 fully saturated rings. The molecule has 2 heterocycles. The summed E-state index contributed by atoms with van der Waals surface area (Å²) in [7, 11) is 1.56. The van der Waals surface area contributed by atoms with E-state index in [9.17, 15) is 4.79 Å². The van der Waals surface area contributed by atoms with Crippen molar-refractivity contribution in [3.8, 4) is 17.0 Å². The number of rotatable bonds is 9. The molecule has 0 saturated heterocycles. The molecule has 0 radical (unpaired) electrons. The Balaban J connectivity index is 0.00000363. The van der Waals surface area contributed by atoms with Crippen LogP contribution in [-0.4, -0.2) is 34.6 Å². The van der Waals surface area contributed by atoms with E-state index in [1.807, 2.05) is 37.3 Å². The third-order valence-corrected chi connectivity index (χ3v) is 4.66. The molecule has 32 heavy (non-hydrogen) atoms. The van der Waals surface area contributed by atoms with Crippen molar-refractivity contribution in [3.05, 3.63) is 60.7 Å². The zero-order chi connectivity index (χ0) is 22.1. The number of pyridine rings is 1. The number of anilines is 2. The average Bonchev–Trinajstić information content (AvgIpc) is 2.80. The molecule has 3 rings (SSSR count). The molecule has 0 saturated carbocycles. The zero-order valence-electron chi connectivity index (χ0n) is 18.1. The van der Waals surface area contributed by atoms with E-state index < -0.39 is 0 Å². The topological polar surface area (TPSA) is 101 Å². The molecule has 0 unspecified atom stereocenters. The monoisotopic (exact) mass is 436 g/mol. The van der Waals surface area contributed by atoms with E-state index >= 15 is 0 Å². The van der Waals surface area contributed by atoms with E-state index in [1.165, 1.54) is 0 Å². The number of benzene rings is 1. The number of aromatic nitrogens is 3. The Morgan fingerprint density at radius 2 is 2.00 bits per heavy atom. The van der Waals surface area contributed by atoms with Gasteiger partial charge in [-0.05, 0) is 37.6 Å². The first-order chi connectivity index (χ1) is 15.1. The van der Waals surface area contributed by atoms with Crippen LogP contribution in [0, 0.1) is 0 Å². The molecule has 0 aliphatic carbocycles. The number of ether oxygens (including phenoxy) is 1. The van der Waals surface area contributed by atoms with Crippen LogP contribution in [0.1, 0.15) is 45.9 Å². The Bertz CT molecular complexity index is 997. The molecule has 0 spiro atoms. The Hall–Kier alpha value is -3.68. The maximum atomic E-state index is 11.8. The van der Waals surface area contributed by atoms with Gasteiger partial charge in [0.25, 0.3) is 0 Å². The minimum Gasteiger partial charge on any atom is -0.495 e. The summed E-state index contributed by atoms with van der Waals surface area (Å²) in [5.41, 5.74) is 3.08. The highest BCUT2D eigenvalue weighted by Gasteiger charge is 2.14. The van der Waals surface area contributed by atoms with Crippen LogP contribution in [0.15, 0.2) is 55.0 Å². The minimum atomic E-state index is -0.281. The van der Waals surface area contributed by atoms with Gasteiger partial charge in [-0.3, -0.25) is 9.97 Å². The smallest absolute Gasteiger partial charge is 0.319 e. The van der Waals surface area contributed by atoms with Crippen molar-refractivity contribution in [2.24, 2.45) is 0 Å². The third-order valence-electron chi connectivity index (χ3n) is 4.66. The highest BCUT2D eigenvalue weighted by molar-refractivity contribution is 5.91. The summed E-state index contributed by atoms with van der Waals surface area (Å²) in [5, 5.41) is 8.93. The van der Waals surface area contributed by atoms with Crippen molar-refractivity contribution in [2.45, 2.75) is 40.2 Å². The predicted molar refractivity (Wildman–Crippen MR) is 129 cm³/mol. The highest BCUT2D eigenvalue weighted by Crippen LogP contribution is 2.30. The first-order valence-corrected chi connectivity index (χ1v) is 10.4. The summed E-state index contributed by atoms with van der Waals surface area (Å²) in [6.07, 6.45) is 7.14. The van der Waals surface area contributed by atoms with Crippen LogP contribution in [0.5, 0.6) is 5.75 Å². The summed E-state index contributed by atoms with van der Waals surface area (Å²) in [6, 6.07) is 11.2. The fraction of sp³-hybridized carbons (Fsp3) is 0.333. The molecule has 0 aliphatic heterocycles. The molecule has 8 nitrogen and oxygen atoms in total. The van der Waals surface area contributed by atoms with Crippen LogP contribution in [0.3, 0.4) is 0 Å². The number of urea groups is 1. The molecule has 0 bridgehead atoms. The lowest BCUT2D eigenvalue weighted by Crippen LogP contribution is -2.28. The van der Waals surface area contributed by atoms with Gasteiger partial charge >= 0.3 is 6.03 Å². The molecule has 0 aliphatic rings. The van der Waals surface area contributed by atoms with Crippen LogP contribution in [-0.2, 0) is 0 Å². The summed E-state index contributed by atoms with van der Waals surface area (Å²) in [5.74, 6) is 1.21. The first kappa shape index (κ1) is 24.6. The molecule has 3 aromatic rings. The predicted octanol–water partition coefficient (Wildman–Crippen LogP) is 5.28. The minimum absolute atomic E-state index is 0. The molecular weight excluding hydrogens is 404 g/mol. The van der Waals surface area contributed by atoms with E-state index in [2.05, 4.69) is 32.8 Å². The van der Waals surface area contributed by atoms with E-state index in [0.29, 0.717) is 29.5 Å². The summed E-state index contributed by atoms with van der Waals surface area (Å²) in [4.78, 5) is 25.4. The summed E-state index contributed by atoms with van der Waals surface area (Å²) in [6.45, 7) is 4.54. The molecule has 2 amide bonds. The van der Waals surface area contributed by atoms with Crippen LogP contribution >= 0.6 is 0 Å². The number of hydrogen-bond acceptors (Lipinski definition) is 6. The molecule has 170 valence electrons. The van der Waals surface area contributed by atoms with Gasteiger partial charge < -0.3 is 20.7 Å². The van der Waals surface area contributed by atoms with Gasteiger partial charge in [0.2, 0.25) is 0 Å². The van der Waals surface area contributed by atoms with Gasteiger partial charge in [-0.15, -0.1) is 0 Å². The van der Waals surface area contributed by atoms with Crippen molar-refractivity contribution >= 4 is 17.5 Å². The number of amides is 2. The summed E-state index contributed by atoms with van der Waals surface area (Å²) >= 11 is 0. The van der Waals surface area contributed by atoms with Gasteiger partial charge in [0.15, 0.2) is 0 Å². The van der Waals surface area contributed by atoms with Crippen molar-refractivity contribution in [1.82, 2.24) is 20.3 Å². The molecular formula is C24H32N6O2. The lowest BCUT2D eigenvalue weighted by atomic mass is 10.1. The normalized spacial score (nSPS) is 11.1. The first-order valence-electron chi connectivity index (χ1n) is 10.4. The fourth-order valence-electron chi connectivity index (χ4n) is 3.20. The molecule has 1 atom stereocenters. The Labute approximate surface area is 189 Å². The fourth-order valence-corrected chi connectivity index (χ4v) is 3.20. The number of methoxy groups -OCH3 is 1. The molecule has 8 heteroatoms. The Kier molecular flexibility index (Phi) is 9.41. The van der Waals surface area contributed by atoms with E-state index in [4.69, 9.17) is 9.72 Å². The standard InChI is InChI=1S/C23H28N6O2.CH4/c1-4-8-18(17-9-6-7-12-26-17)27-22-15-24-14-20(28-22)16-10-11-19(21(13-16)31-3)29-23(30)25-5-2;/h6-7,9-15,18H,4-5,8H2,1-3H3,(H,27,28)(H2,25,29,30);1H4/t18-;/m0./s1. The van der Waals surface area contributed by atoms with Crippen LogP contribution in [0.25, 0.3) is 11.3 Å². The molecule has 3 N–H and O–H groups in total. The molecule has 1 aromatic carbocycles. The maximum absolute atomic E-state index is 11.8. The summed E-state index contributed by atoms with van der Waals surface area (Å²) < 4.78 is 5.46. The van der Waals surface area contributed by atoms with Crippen LogP contribution in [0.2, 0.25) is 0 Å². The van der Waals surface area contributed by atoms with Crippen LogP contribution in [0.4, 0.5) is 16.3 Å². The lowest BCUT2D eigenvalue weighted by Gasteiger charge is -2.18. The van der Waals surface area contributed by atoms with Gasteiger partial charge in [0.1, 0.15) is 11.6 Å². The van der Waals surface area contributed by atoms with E-state index in [0.717, 1.165) is 24.1 Å². The highest BCUT2D eigenvalue weighted by atomic mass is 16.5. The van der Waals surface area contributed by atoms with E-state index in [1.54, 1.807) is 31.8 Å². The zero-order valence-corrected chi connectivity index (χ0v) is 18.1. The third kappa shape index (κ3) is 6.41. The lowest BCUT2D eigenvalue weighted by molar-refractivity contribution is 0.252. The quantitative estimate of drug-likeness (QED) is 0.422. The Morgan fingerprint density at radius 3 is 2.69 bits per heavy atom. The molecule has 2 aromatic heterocycles. The average molecular weight is 437 g/mol. The number of nitrogens with one attached hydrogen (secondary N) is 3. The van der Waals surface area contributed by atoms with Crippen molar-refractivity contribution in [3.63, 3.8) is 0 Å². The van der Waals surface area contributed by atoms with Gasteiger partial charge in [-0.2, -0.15) is 0 Å². The SMILES string of the molecule is C.CCC[C@H](Nc1cncc(-c2ccc(NC(=O)NCC)c(OC)c2)n1)c1ccccn1. The maximum Gasteiger partial charge on any atom is 0.319 e. The number of carbonyl (C=O) groups is 1. The number of hydrogen-bond donors (Lipinski definition) is 3. The van der Waals surface area contributed by atoms with Gasteiger partial charge in [0, 0.05) is 18.3 Å². The second-order valence-electron chi connectivity index (χ2n) is 6.93. The van der Waals surface area contributed by atoms with Crippen LogP contribution < -0.4 is 20.7 Å². The second kappa shape index (κ2) is 12.2. The van der Waals surface area contributed by atoms with Gasteiger partial charge in [0.05, 0.1) is 42.6 Å². The van der Waals surface area contributed by atoms with Crippen molar-refractivity contribution in [1.29, 1.82) is 0 Å². The van der Waals surface area contributed by atoms with Crippen molar-refractivity contribution in [2.75, 3.05) is 24.3 Å². The van der Waals surface area contributed by atoms with Gasteiger partial charge in [-0.1, -0.05) is 32.9 Å². The number of carbonyl (C=O) groups excluding carboxylic acids is 1. The van der Waals surface area contributed by atoms with Crippen molar-refractivity contribution < 1.29 is 9.53 Å². The second-order valence-corrected chi connectivity index (χ2v) is 6.93. The largest absolute Gasteiger partial charge is 0.495 e. The van der Waals surface area contributed by atoms with Gasteiger partial charge in [-0.25, -0.2) is 9.78 Å². The number of nitrogens with zero attached hydrogens (tertiary/aromatic N) is 3. The Morgan fingerprint density at radius 1 is 1.16 bits per heavy atom.